The molecule has 25 heavy (non-hydrogen) atoms. The van der Waals surface area contributed by atoms with E-state index in [0.29, 0.717) is 30.7 Å². The van der Waals surface area contributed by atoms with Crippen LogP contribution in [-0.2, 0) is 10.0 Å². The van der Waals surface area contributed by atoms with Crippen molar-refractivity contribution in [1.82, 2.24) is 4.31 Å². The molecule has 3 rings (SSSR count). The van der Waals surface area contributed by atoms with Crippen molar-refractivity contribution in [3.63, 3.8) is 0 Å². The molecule has 5 nitrogen and oxygen atoms in total. The molecule has 1 aliphatic rings. The van der Waals surface area contributed by atoms with Crippen molar-refractivity contribution in [2.45, 2.75) is 12.8 Å². The predicted octanol–water partition coefficient (Wildman–Crippen LogP) is 3.33. The third kappa shape index (κ3) is 4.46. The molecule has 1 heterocycles. The van der Waals surface area contributed by atoms with Crippen LogP contribution in [0, 0.1) is 5.92 Å². The number of rotatable bonds is 5. The third-order valence-corrected chi connectivity index (χ3v) is 5.61. The lowest BCUT2D eigenvalue weighted by atomic mass is 9.91. The average Bonchev–Trinajstić information content (AvgIpc) is 2.62. The van der Waals surface area contributed by atoms with Crippen LogP contribution in [0.5, 0.6) is 11.5 Å². The Bertz CT molecular complexity index is 831. The standard InChI is InChI=1S/C19H21NO4S/c1-25(22,23)20-13-5-6-16(14-20)19(21)15-9-11-18(12-10-15)24-17-7-3-2-4-8-17/h2-4,7-12,16H,5-6,13-14H2,1H3. The Labute approximate surface area is 148 Å². The maximum absolute atomic E-state index is 12.7. The highest BCUT2D eigenvalue weighted by atomic mass is 32.2. The van der Waals surface area contributed by atoms with Crippen LogP contribution in [0.1, 0.15) is 23.2 Å². The summed E-state index contributed by atoms with van der Waals surface area (Å²) in [6.07, 6.45) is 2.61. The highest BCUT2D eigenvalue weighted by Gasteiger charge is 2.30. The molecule has 1 atom stereocenters. The summed E-state index contributed by atoms with van der Waals surface area (Å²) in [5, 5.41) is 0. The normalized spacial score (nSPS) is 18.7. The van der Waals surface area contributed by atoms with Gasteiger partial charge in [0.2, 0.25) is 10.0 Å². The molecule has 0 aromatic heterocycles. The first-order valence-corrected chi connectivity index (χ1v) is 10.1. The number of hydrogen-bond acceptors (Lipinski definition) is 4. The molecule has 0 aliphatic carbocycles. The summed E-state index contributed by atoms with van der Waals surface area (Å²) >= 11 is 0. The zero-order valence-corrected chi connectivity index (χ0v) is 14.9. The van der Waals surface area contributed by atoms with E-state index in [9.17, 15) is 13.2 Å². The first-order chi connectivity index (χ1) is 11.9. The Morgan fingerprint density at radius 3 is 2.32 bits per heavy atom. The summed E-state index contributed by atoms with van der Waals surface area (Å²) < 4.78 is 30.5. The van der Waals surface area contributed by atoms with Gasteiger partial charge in [-0.05, 0) is 49.2 Å². The lowest BCUT2D eigenvalue weighted by molar-refractivity contribution is 0.0873. The van der Waals surface area contributed by atoms with Crippen LogP contribution in [0.15, 0.2) is 54.6 Å². The first kappa shape index (κ1) is 17.6. The van der Waals surface area contributed by atoms with E-state index in [1.807, 2.05) is 30.3 Å². The van der Waals surface area contributed by atoms with Gasteiger partial charge < -0.3 is 4.74 Å². The third-order valence-electron chi connectivity index (χ3n) is 4.34. The minimum absolute atomic E-state index is 0.0142. The predicted molar refractivity (Wildman–Crippen MR) is 96.4 cm³/mol. The number of ether oxygens (including phenoxy) is 1. The summed E-state index contributed by atoms with van der Waals surface area (Å²) in [7, 11) is -3.25. The van der Waals surface area contributed by atoms with E-state index in [4.69, 9.17) is 4.74 Å². The van der Waals surface area contributed by atoms with Gasteiger partial charge in [0.05, 0.1) is 6.26 Å². The molecule has 2 aromatic rings. The SMILES string of the molecule is CS(=O)(=O)N1CCCC(C(=O)c2ccc(Oc3ccccc3)cc2)C1. The van der Waals surface area contributed by atoms with E-state index in [0.717, 1.165) is 5.75 Å². The molecule has 1 saturated heterocycles. The summed E-state index contributed by atoms with van der Waals surface area (Å²) in [5.41, 5.74) is 0.584. The Morgan fingerprint density at radius 2 is 1.68 bits per heavy atom. The van der Waals surface area contributed by atoms with Crippen molar-refractivity contribution in [3.8, 4) is 11.5 Å². The summed E-state index contributed by atoms with van der Waals surface area (Å²) in [5.74, 6) is 1.09. The van der Waals surface area contributed by atoms with Gasteiger partial charge in [-0.15, -0.1) is 0 Å². The molecule has 0 saturated carbocycles. The molecule has 1 aliphatic heterocycles. The van der Waals surface area contributed by atoms with Crippen molar-refractivity contribution >= 4 is 15.8 Å². The zero-order chi connectivity index (χ0) is 17.9. The van der Waals surface area contributed by atoms with Gasteiger partial charge in [0.15, 0.2) is 5.78 Å². The monoisotopic (exact) mass is 359 g/mol. The van der Waals surface area contributed by atoms with Crippen LogP contribution in [-0.4, -0.2) is 37.9 Å². The van der Waals surface area contributed by atoms with E-state index in [-0.39, 0.29) is 18.2 Å². The van der Waals surface area contributed by atoms with Gasteiger partial charge in [-0.2, -0.15) is 0 Å². The van der Waals surface area contributed by atoms with Crippen LogP contribution in [0.4, 0.5) is 0 Å². The number of carbonyl (C=O) groups excluding carboxylic acids is 1. The number of benzene rings is 2. The quantitative estimate of drug-likeness (QED) is 0.768. The highest BCUT2D eigenvalue weighted by molar-refractivity contribution is 7.88. The second kappa shape index (κ2) is 7.37. The molecule has 6 heteroatoms. The van der Waals surface area contributed by atoms with Crippen molar-refractivity contribution < 1.29 is 17.9 Å². The minimum Gasteiger partial charge on any atom is -0.457 e. The van der Waals surface area contributed by atoms with Crippen LogP contribution in [0.3, 0.4) is 0 Å². The van der Waals surface area contributed by atoms with Gasteiger partial charge >= 0.3 is 0 Å². The molecule has 1 unspecified atom stereocenters. The first-order valence-electron chi connectivity index (χ1n) is 8.26. The molecule has 2 aromatic carbocycles. The topological polar surface area (TPSA) is 63.7 Å². The second-order valence-corrected chi connectivity index (χ2v) is 8.25. The minimum atomic E-state index is -3.25. The zero-order valence-electron chi connectivity index (χ0n) is 14.1. The summed E-state index contributed by atoms with van der Waals surface area (Å²) in [4.78, 5) is 12.7. The van der Waals surface area contributed by atoms with Gasteiger partial charge in [-0.25, -0.2) is 12.7 Å². The Hall–Kier alpha value is -2.18. The Kier molecular flexibility index (Phi) is 5.20. The van der Waals surface area contributed by atoms with Gasteiger partial charge in [0.25, 0.3) is 0 Å². The largest absolute Gasteiger partial charge is 0.457 e. The molecule has 0 bridgehead atoms. The Balaban J connectivity index is 1.68. The van der Waals surface area contributed by atoms with Crippen molar-refractivity contribution in [3.05, 3.63) is 60.2 Å². The van der Waals surface area contributed by atoms with Crippen LogP contribution in [0.25, 0.3) is 0 Å². The van der Waals surface area contributed by atoms with Crippen LogP contribution < -0.4 is 4.74 Å². The Morgan fingerprint density at radius 1 is 1.04 bits per heavy atom. The molecule has 132 valence electrons. The van der Waals surface area contributed by atoms with E-state index < -0.39 is 10.0 Å². The van der Waals surface area contributed by atoms with E-state index in [2.05, 4.69) is 0 Å². The van der Waals surface area contributed by atoms with E-state index in [1.165, 1.54) is 10.6 Å². The number of para-hydroxylation sites is 1. The fourth-order valence-electron chi connectivity index (χ4n) is 3.01. The number of ketones is 1. The fraction of sp³-hybridized carbons (Fsp3) is 0.316. The van der Waals surface area contributed by atoms with Crippen molar-refractivity contribution in [2.75, 3.05) is 19.3 Å². The second-order valence-electron chi connectivity index (χ2n) is 6.26. The van der Waals surface area contributed by atoms with Gasteiger partial charge in [0.1, 0.15) is 11.5 Å². The number of sulfonamides is 1. The van der Waals surface area contributed by atoms with Crippen molar-refractivity contribution in [1.29, 1.82) is 0 Å². The van der Waals surface area contributed by atoms with Crippen LogP contribution in [0.2, 0.25) is 0 Å². The molecule has 0 spiro atoms. The summed E-state index contributed by atoms with van der Waals surface area (Å²) in [6.45, 7) is 0.756. The smallest absolute Gasteiger partial charge is 0.211 e. The number of nitrogens with zero attached hydrogens (tertiary/aromatic N) is 1. The lowest BCUT2D eigenvalue weighted by Gasteiger charge is -2.30. The van der Waals surface area contributed by atoms with Crippen LogP contribution >= 0.6 is 0 Å². The number of Topliss-reactive ketones (excluding diaryl/α,β-unsaturated/α-hetero) is 1. The fourth-order valence-corrected chi connectivity index (χ4v) is 3.92. The molecule has 1 fully saturated rings. The average molecular weight is 359 g/mol. The molecular formula is C19H21NO4S. The van der Waals surface area contributed by atoms with Gasteiger partial charge in [0, 0.05) is 24.6 Å². The maximum Gasteiger partial charge on any atom is 0.211 e. The molecule has 0 radical (unpaired) electrons. The van der Waals surface area contributed by atoms with Gasteiger partial charge in [-0.1, -0.05) is 18.2 Å². The summed E-state index contributed by atoms with van der Waals surface area (Å²) in [6, 6.07) is 16.4. The molecule has 0 N–H and O–H groups in total. The van der Waals surface area contributed by atoms with E-state index in [1.54, 1.807) is 24.3 Å². The molecule has 0 amide bonds. The number of hydrogen-bond donors (Lipinski definition) is 0. The maximum atomic E-state index is 12.7. The number of piperidine rings is 1. The van der Waals surface area contributed by atoms with Crippen molar-refractivity contribution in [2.24, 2.45) is 5.92 Å². The number of carbonyl (C=O) groups is 1. The molecular weight excluding hydrogens is 338 g/mol. The van der Waals surface area contributed by atoms with Gasteiger partial charge in [-0.3, -0.25) is 4.79 Å². The highest BCUT2D eigenvalue weighted by Crippen LogP contribution is 2.25. The lowest BCUT2D eigenvalue weighted by Crippen LogP contribution is -2.41. The van der Waals surface area contributed by atoms with E-state index >= 15 is 0 Å².